The van der Waals surface area contributed by atoms with E-state index in [2.05, 4.69) is 21.2 Å². The number of hydrogen-bond acceptors (Lipinski definition) is 2. The van der Waals surface area contributed by atoms with Crippen LogP contribution < -0.4 is 5.32 Å². The third kappa shape index (κ3) is 2.36. The van der Waals surface area contributed by atoms with E-state index in [4.69, 9.17) is 4.74 Å². The molecule has 2 saturated heterocycles. The first-order valence-electron chi connectivity index (χ1n) is 5.68. The highest BCUT2D eigenvalue weighted by atomic mass is 79.9. The van der Waals surface area contributed by atoms with Gasteiger partial charge in [0.15, 0.2) is 0 Å². The number of fused-ring (bicyclic) bond motifs is 2. The monoisotopic (exact) mass is 275 g/mol. The van der Waals surface area contributed by atoms with Crippen LogP contribution in [-0.2, 0) is 9.53 Å². The van der Waals surface area contributed by atoms with Gasteiger partial charge in [-0.2, -0.15) is 0 Å². The van der Waals surface area contributed by atoms with Gasteiger partial charge in [0.2, 0.25) is 5.91 Å². The van der Waals surface area contributed by atoms with E-state index in [-0.39, 0.29) is 24.0 Å². The lowest BCUT2D eigenvalue weighted by Gasteiger charge is -2.22. The van der Waals surface area contributed by atoms with Crippen molar-refractivity contribution in [2.75, 3.05) is 0 Å². The van der Waals surface area contributed by atoms with Crippen LogP contribution in [0.4, 0.5) is 0 Å². The van der Waals surface area contributed by atoms with Crippen molar-refractivity contribution in [2.45, 2.75) is 56.2 Å². The number of carbonyl (C=O) groups is 1. The number of nitrogens with one attached hydrogen (secondary N) is 1. The van der Waals surface area contributed by atoms with E-state index in [1.807, 2.05) is 13.8 Å². The molecule has 86 valence electrons. The molecule has 0 spiro atoms. The Morgan fingerprint density at radius 2 is 2.20 bits per heavy atom. The van der Waals surface area contributed by atoms with Crippen molar-refractivity contribution >= 4 is 21.8 Å². The minimum absolute atomic E-state index is 0.0949. The van der Waals surface area contributed by atoms with Gasteiger partial charge in [-0.25, -0.2) is 0 Å². The lowest BCUT2D eigenvalue weighted by atomic mass is 9.88. The van der Waals surface area contributed by atoms with Crippen molar-refractivity contribution in [3.05, 3.63) is 0 Å². The van der Waals surface area contributed by atoms with Crippen LogP contribution in [0, 0.1) is 5.92 Å². The van der Waals surface area contributed by atoms with Gasteiger partial charge in [-0.3, -0.25) is 4.79 Å². The average molecular weight is 276 g/mol. The van der Waals surface area contributed by atoms with Crippen LogP contribution in [0.5, 0.6) is 0 Å². The molecule has 2 aliphatic rings. The highest BCUT2D eigenvalue weighted by molar-refractivity contribution is 9.09. The second kappa shape index (κ2) is 4.42. The Morgan fingerprint density at radius 3 is 2.67 bits per heavy atom. The number of amides is 1. The van der Waals surface area contributed by atoms with Crippen LogP contribution in [0.1, 0.15) is 33.1 Å². The molecule has 2 fully saturated rings. The van der Waals surface area contributed by atoms with E-state index < -0.39 is 0 Å². The van der Waals surface area contributed by atoms with Crippen molar-refractivity contribution in [2.24, 2.45) is 5.92 Å². The summed E-state index contributed by atoms with van der Waals surface area (Å²) in [5.41, 5.74) is 0. The first-order valence-corrected chi connectivity index (χ1v) is 6.59. The molecule has 5 atom stereocenters. The van der Waals surface area contributed by atoms with E-state index in [1.54, 1.807) is 0 Å². The van der Waals surface area contributed by atoms with Crippen molar-refractivity contribution in [1.29, 1.82) is 0 Å². The molecule has 15 heavy (non-hydrogen) atoms. The van der Waals surface area contributed by atoms with Gasteiger partial charge in [0.1, 0.15) is 0 Å². The maximum absolute atomic E-state index is 11.9. The molecule has 4 heteroatoms. The topological polar surface area (TPSA) is 38.3 Å². The maximum atomic E-state index is 11.9. The SMILES string of the molecule is CC(Br)C(C)NC(=O)C1CC2CCC1O2. The summed E-state index contributed by atoms with van der Waals surface area (Å²) < 4.78 is 5.68. The molecule has 0 saturated carbocycles. The molecule has 2 bridgehead atoms. The number of halogens is 1. The summed E-state index contributed by atoms with van der Waals surface area (Å²) in [6.07, 6.45) is 3.65. The fourth-order valence-electron chi connectivity index (χ4n) is 2.36. The molecular formula is C11H18BrNO2. The molecule has 2 heterocycles. The highest BCUT2D eigenvalue weighted by Crippen LogP contribution is 2.38. The van der Waals surface area contributed by atoms with E-state index in [9.17, 15) is 4.79 Å². The van der Waals surface area contributed by atoms with Gasteiger partial charge in [-0.1, -0.05) is 22.9 Å². The summed E-state index contributed by atoms with van der Waals surface area (Å²) in [6, 6.07) is 0.177. The zero-order valence-electron chi connectivity index (χ0n) is 9.20. The van der Waals surface area contributed by atoms with Gasteiger partial charge >= 0.3 is 0 Å². The van der Waals surface area contributed by atoms with Crippen LogP contribution >= 0.6 is 15.9 Å². The van der Waals surface area contributed by atoms with E-state index >= 15 is 0 Å². The largest absolute Gasteiger partial charge is 0.374 e. The Kier molecular flexibility index (Phi) is 3.36. The summed E-state index contributed by atoms with van der Waals surface area (Å²) in [5, 5.41) is 3.04. The number of alkyl halides is 1. The van der Waals surface area contributed by atoms with Gasteiger partial charge in [0.05, 0.1) is 18.1 Å². The lowest BCUT2D eigenvalue weighted by molar-refractivity contribution is -0.127. The fraction of sp³-hybridized carbons (Fsp3) is 0.909. The van der Waals surface area contributed by atoms with Crippen LogP contribution in [-0.4, -0.2) is 29.0 Å². The maximum Gasteiger partial charge on any atom is 0.226 e. The number of rotatable bonds is 3. The van der Waals surface area contributed by atoms with Crippen molar-refractivity contribution < 1.29 is 9.53 Å². The summed E-state index contributed by atoms with van der Waals surface area (Å²) in [5.74, 6) is 0.262. The molecule has 0 aromatic rings. The number of ether oxygens (including phenoxy) is 1. The normalized spacial score (nSPS) is 37.7. The van der Waals surface area contributed by atoms with Crippen LogP contribution in [0.25, 0.3) is 0 Å². The first-order chi connectivity index (χ1) is 7.08. The van der Waals surface area contributed by atoms with Gasteiger partial charge in [-0.15, -0.1) is 0 Å². The van der Waals surface area contributed by atoms with Crippen LogP contribution in [0.15, 0.2) is 0 Å². The number of carbonyl (C=O) groups excluding carboxylic acids is 1. The van der Waals surface area contributed by atoms with E-state index in [1.165, 1.54) is 0 Å². The van der Waals surface area contributed by atoms with Crippen LogP contribution in [0.3, 0.4) is 0 Å². The smallest absolute Gasteiger partial charge is 0.226 e. The molecular weight excluding hydrogens is 258 g/mol. The summed E-state index contributed by atoms with van der Waals surface area (Å²) in [7, 11) is 0. The molecule has 3 nitrogen and oxygen atoms in total. The minimum atomic E-state index is 0.0949. The second-order valence-corrected chi connectivity index (χ2v) is 6.14. The van der Waals surface area contributed by atoms with Gasteiger partial charge < -0.3 is 10.1 Å². The lowest BCUT2D eigenvalue weighted by Crippen LogP contribution is -2.43. The average Bonchev–Trinajstić information content (AvgIpc) is 2.78. The molecule has 0 aromatic heterocycles. The Labute approximate surface area is 99.1 Å². The van der Waals surface area contributed by atoms with Crippen molar-refractivity contribution in [3.63, 3.8) is 0 Å². The zero-order valence-corrected chi connectivity index (χ0v) is 10.8. The predicted molar refractivity (Wildman–Crippen MR) is 62.0 cm³/mol. The van der Waals surface area contributed by atoms with E-state index in [0.717, 1.165) is 19.3 Å². The molecule has 2 aliphatic heterocycles. The minimum Gasteiger partial charge on any atom is -0.374 e. The van der Waals surface area contributed by atoms with Crippen LogP contribution in [0.2, 0.25) is 0 Å². The Balaban J connectivity index is 1.86. The third-order valence-electron chi connectivity index (χ3n) is 3.50. The van der Waals surface area contributed by atoms with E-state index in [0.29, 0.717) is 10.9 Å². The van der Waals surface area contributed by atoms with Crippen molar-refractivity contribution in [3.8, 4) is 0 Å². The highest BCUT2D eigenvalue weighted by Gasteiger charge is 2.44. The first kappa shape index (κ1) is 11.4. The second-order valence-electron chi connectivity index (χ2n) is 4.69. The van der Waals surface area contributed by atoms with Crippen molar-refractivity contribution in [1.82, 2.24) is 5.32 Å². The molecule has 0 aromatic carbocycles. The molecule has 2 rings (SSSR count). The van der Waals surface area contributed by atoms with Gasteiger partial charge in [0.25, 0.3) is 0 Å². The Bertz CT molecular complexity index is 257. The molecule has 0 aliphatic carbocycles. The zero-order chi connectivity index (χ0) is 11.0. The summed E-state index contributed by atoms with van der Waals surface area (Å²) >= 11 is 3.47. The fourth-order valence-corrected chi connectivity index (χ4v) is 2.49. The standard InChI is InChI=1S/C11H18BrNO2/c1-6(12)7(2)13-11(14)9-5-8-3-4-10(9)15-8/h6-10H,3-5H2,1-2H3,(H,13,14). The van der Waals surface area contributed by atoms with Gasteiger partial charge in [-0.05, 0) is 26.2 Å². The summed E-state index contributed by atoms with van der Waals surface area (Å²) in [4.78, 5) is 12.2. The van der Waals surface area contributed by atoms with Gasteiger partial charge in [0, 0.05) is 10.9 Å². The molecule has 0 radical (unpaired) electrons. The molecule has 1 amide bonds. The third-order valence-corrected chi connectivity index (χ3v) is 4.29. The molecule has 1 N–H and O–H groups in total. The quantitative estimate of drug-likeness (QED) is 0.799. The predicted octanol–water partition coefficient (Wildman–Crippen LogP) is 1.84. The number of hydrogen-bond donors (Lipinski definition) is 1. The Hall–Kier alpha value is -0.0900. The summed E-state index contributed by atoms with van der Waals surface area (Å²) in [6.45, 7) is 4.06. The Morgan fingerprint density at radius 1 is 1.47 bits per heavy atom. The molecule has 5 unspecified atom stereocenters.